The number of carbonyl (C=O) groups is 2. The summed E-state index contributed by atoms with van der Waals surface area (Å²) in [6.07, 6.45) is 0. The van der Waals surface area contributed by atoms with Crippen LogP contribution in [0.4, 0.5) is 0 Å². The van der Waals surface area contributed by atoms with Crippen LogP contribution in [-0.4, -0.2) is 31.6 Å². The maximum Gasteiger partial charge on any atom is 0.276 e. The number of hydrazine groups is 1. The summed E-state index contributed by atoms with van der Waals surface area (Å²) in [6.45, 7) is 1.76. The number of hydrogen-bond acceptors (Lipinski definition) is 5. The van der Waals surface area contributed by atoms with Crippen LogP contribution in [0.2, 0.25) is 5.02 Å². The highest BCUT2D eigenvalue weighted by atomic mass is 35.5. The molecule has 2 N–H and O–H groups in total. The number of amides is 2. The van der Waals surface area contributed by atoms with Crippen LogP contribution < -0.4 is 25.1 Å². The van der Waals surface area contributed by atoms with Crippen molar-refractivity contribution < 1.29 is 23.8 Å². The van der Waals surface area contributed by atoms with Gasteiger partial charge in [-0.15, -0.1) is 0 Å². The Morgan fingerprint density at radius 2 is 1.27 bits per heavy atom. The molecule has 0 fully saturated rings. The molecule has 2 amide bonds. The highest BCUT2D eigenvalue weighted by molar-refractivity contribution is 6.32. The minimum absolute atomic E-state index is 0.282. The Morgan fingerprint density at radius 3 is 1.81 bits per heavy atom. The maximum atomic E-state index is 11.8. The molecule has 138 valence electrons. The summed E-state index contributed by atoms with van der Waals surface area (Å²) in [5.74, 6) is 0.305. The zero-order chi connectivity index (χ0) is 18.8. The first-order valence-electron chi connectivity index (χ1n) is 7.89. The fourth-order valence-electron chi connectivity index (χ4n) is 1.90. The Bertz CT molecular complexity index is 754. The van der Waals surface area contributed by atoms with Crippen LogP contribution in [0, 0.1) is 0 Å². The molecule has 8 heteroatoms. The minimum atomic E-state index is -0.534. The van der Waals surface area contributed by atoms with Gasteiger partial charge in [-0.3, -0.25) is 20.4 Å². The second-order valence-electron chi connectivity index (χ2n) is 4.98. The summed E-state index contributed by atoms with van der Waals surface area (Å²) in [5, 5.41) is 0.394. The van der Waals surface area contributed by atoms with Gasteiger partial charge in [-0.05, 0) is 31.2 Å². The van der Waals surface area contributed by atoms with Crippen LogP contribution in [0.15, 0.2) is 48.5 Å². The van der Waals surface area contributed by atoms with Crippen LogP contribution in [-0.2, 0) is 9.59 Å². The van der Waals surface area contributed by atoms with Gasteiger partial charge in [0, 0.05) is 0 Å². The van der Waals surface area contributed by atoms with E-state index in [0.717, 1.165) is 0 Å². The van der Waals surface area contributed by atoms with E-state index in [2.05, 4.69) is 10.9 Å². The molecule has 0 aliphatic heterocycles. The lowest BCUT2D eigenvalue weighted by molar-refractivity contribution is -0.131. The second kappa shape index (κ2) is 10.1. The number of ether oxygens (including phenoxy) is 3. The fourth-order valence-corrected chi connectivity index (χ4v) is 2.09. The van der Waals surface area contributed by atoms with Crippen molar-refractivity contribution in [2.45, 2.75) is 6.92 Å². The van der Waals surface area contributed by atoms with Crippen LogP contribution in [0.1, 0.15) is 6.92 Å². The summed E-state index contributed by atoms with van der Waals surface area (Å²) in [6, 6.07) is 13.8. The van der Waals surface area contributed by atoms with E-state index in [1.54, 1.807) is 48.5 Å². The molecule has 0 aromatic heterocycles. The molecule has 0 unspecified atom stereocenters. The zero-order valence-corrected chi connectivity index (χ0v) is 14.9. The van der Waals surface area contributed by atoms with Crippen molar-refractivity contribution in [2.75, 3.05) is 19.8 Å². The van der Waals surface area contributed by atoms with Crippen LogP contribution >= 0.6 is 11.6 Å². The molecule has 0 saturated carbocycles. The van der Waals surface area contributed by atoms with Crippen LogP contribution in [0.5, 0.6) is 17.2 Å². The van der Waals surface area contributed by atoms with E-state index >= 15 is 0 Å². The third kappa shape index (κ3) is 6.18. The van der Waals surface area contributed by atoms with E-state index in [4.69, 9.17) is 25.8 Å². The highest BCUT2D eigenvalue weighted by Crippen LogP contribution is 2.26. The molecule has 2 aromatic rings. The predicted molar refractivity (Wildman–Crippen MR) is 96.3 cm³/mol. The summed E-state index contributed by atoms with van der Waals surface area (Å²) < 4.78 is 16.0. The molecular weight excluding hydrogens is 360 g/mol. The monoisotopic (exact) mass is 378 g/mol. The molecule has 7 nitrogen and oxygen atoms in total. The van der Waals surface area contributed by atoms with Crippen LogP contribution in [0.25, 0.3) is 0 Å². The number of hydrogen-bond donors (Lipinski definition) is 2. The average molecular weight is 379 g/mol. The normalized spacial score (nSPS) is 9.92. The van der Waals surface area contributed by atoms with Gasteiger partial charge >= 0.3 is 0 Å². The minimum Gasteiger partial charge on any atom is -0.490 e. The molecule has 0 aliphatic rings. The Kier molecular flexibility index (Phi) is 7.57. The molecule has 0 spiro atoms. The molecule has 0 saturated heterocycles. The molecule has 2 aromatic carbocycles. The van der Waals surface area contributed by atoms with Gasteiger partial charge in [0.15, 0.2) is 24.7 Å². The number of rotatable bonds is 8. The first-order valence-corrected chi connectivity index (χ1v) is 8.27. The van der Waals surface area contributed by atoms with E-state index in [0.29, 0.717) is 28.9 Å². The Hall–Kier alpha value is -2.93. The summed E-state index contributed by atoms with van der Waals surface area (Å²) in [7, 11) is 0. The van der Waals surface area contributed by atoms with Crippen molar-refractivity contribution in [3.05, 3.63) is 53.6 Å². The lowest BCUT2D eigenvalue weighted by Crippen LogP contribution is -2.45. The van der Waals surface area contributed by atoms with Gasteiger partial charge in [-0.2, -0.15) is 0 Å². The van der Waals surface area contributed by atoms with Crippen molar-refractivity contribution in [3.8, 4) is 17.2 Å². The molecular formula is C18H19ClN2O5. The zero-order valence-electron chi connectivity index (χ0n) is 14.2. The SMILES string of the molecule is CCOc1ccccc1OCC(=O)NNC(=O)COc1ccccc1Cl. The van der Waals surface area contributed by atoms with Gasteiger partial charge in [0.1, 0.15) is 5.75 Å². The van der Waals surface area contributed by atoms with E-state index in [-0.39, 0.29) is 13.2 Å². The average Bonchev–Trinajstić information content (AvgIpc) is 2.65. The van der Waals surface area contributed by atoms with E-state index in [9.17, 15) is 9.59 Å². The molecule has 0 radical (unpaired) electrons. The number of para-hydroxylation sites is 3. The maximum absolute atomic E-state index is 11.8. The molecule has 2 rings (SSSR count). The van der Waals surface area contributed by atoms with Crippen molar-refractivity contribution >= 4 is 23.4 Å². The van der Waals surface area contributed by atoms with Gasteiger partial charge in [0.2, 0.25) is 0 Å². The van der Waals surface area contributed by atoms with Crippen molar-refractivity contribution in [3.63, 3.8) is 0 Å². The lowest BCUT2D eigenvalue weighted by atomic mass is 10.3. The second-order valence-corrected chi connectivity index (χ2v) is 5.39. The van der Waals surface area contributed by atoms with Crippen LogP contribution in [0.3, 0.4) is 0 Å². The Labute approximate surface area is 156 Å². The summed E-state index contributed by atoms with van der Waals surface area (Å²) in [4.78, 5) is 23.5. The highest BCUT2D eigenvalue weighted by Gasteiger charge is 2.09. The van der Waals surface area contributed by atoms with E-state index in [1.165, 1.54) is 0 Å². The van der Waals surface area contributed by atoms with Gasteiger partial charge in [-0.1, -0.05) is 35.9 Å². The number of benzene rings is 2. The quantitative estimate of drug-likeness (QED) is 0.689. The number of carbonyl (C=O) groups excluding carboxylic acids is 2. The molecule has 0 bridgehead atoms. The smallest absolute Gasteiger partial charge is 0.276 e. The first-order chi connectivity index (χ1) is 12.6. The largest absolute Gasteiger partial charge is 0.490 e. The number of halogens is 1. The molecule has 0 aliphatic carbocycles. The number of nitrogens with one attached hydrogen (secondary N) is 2. The van der Waals surface area contributed by atoms with Gasteiger partial charge in [-0.25, -0.2) is 0 Å². The standard InChI is InChI=1S/C18H19ClN2O5/c1-2-24-15-9-5-6-10-16(15)26-12-18(23)21-20-17(22)11-25-14-8-4-3-7-13(14)19/h3-10H,2,11-12H2,1H3,(H,20,22)(H,21,23). The van der Waals surface area contributed by atoms with Gasteiger partial charge in [0.05, 0.1) is 11.6 Å². The molecule has 0 atom stereocenters. The van der Waals surface area contributed by atoms with Gasteiger partial charge < -0.3 is 14.2 Å². The lowest BCUT2D eigenvalue weighted by Gasteiger charge is -2.12. The van der Waals surface area contributed by atoms with Crippen molar-refractivity contribution in [1.29, 1.82) is 0 Å². The third-order valence-electron chi connectivity index (χ3n) is 3.04. The summed E-state index contributed by atoms with van der Waals surface area (Å²) >= 11 is 5.92. The van der Waals surface area contributed by atoms with Crippen molar-refractivity contribution in [1.82, 2.24) is 10.9 Å². The molecule has 0 heterocycles. The van der Waals surface area contributed by atoms with E-state index < -0.39 is 11.8 Å². The van der Waals surface area contributed by atoms with Crippen molar-refractivity contribution in [2.24, 2.45) is 0 Å². The topological polar surface area (TPSA) is 85.9 Å². The predicted octanol–water partition coefficient (Wildman–Crippen LogP) is 2.34. The Balaban J connectivity index is 1.71. The summed E-state index contributed by atoms with van der Waals surface area (Å²) in [5.41, 5.74) is 4.47. The van der Waals surface area contributed by atoms with Gasteiger partial charge in [0.25, 0.3) is 11.8 Å². The third-order valence-corrected chi connectivity index (χ3v) is 3.36. The molecule has 26 heavy (non-hydrogen) atoms. The van der Waals surface area contributed by atoms with E-state index in [1.807, 2.05) is 6.92 Å². The first kappa shape index (κ1) is 19.4. The fraction of sp³-hybridized carbons (Fsp3) is 0.222. The Morgan fingerprint density at radius 1 is 0.808 bits per heavy atom.